The first kappa shape index (κ1) is 15.6. The van der Waals surface area contributed by atoms with E-state index in [2.05, 4.69) is 5.32 Å². The number of carbonyl (C=O) groups excluding carboxylic acids is 1. The van der Waals surface area contributed by atoms with E-state index in [1.54, 1.807) is 6.07 Å². The fourth-order valence-corrected chi connectivity index (χ4v) is 1.78. The van der Waals surface area contributed by atoms with Gasteiger partial charge in [0.05, 0.1) is 21.1 Å². The molecule has 23 heavy (non-hydrogen) atoms. The molecule has 0 atom stereocenters. The highest BCUT2D eigenvalue weighted by Gasteiger charge is 2.14. The lowest BCUT2D eigenvalue weighted by atomic mass is 10.1. The summed E-state index contributed by atoms with van der Waals surface area (Å²) in [4.78, 5) is 32.0. The predicted molar refractivity (Wildman–Crippen MR) is 78.9 cm³/mol. The summed E-state index contributed by atoms with van der Waals surface area (Å²) in [5.41, 5.74) is -0.224. The van der Waals surface area contributed by atoms with Crippen molar-refractivity contribution in [1.82, 2.24) is 0 Å². The molecule has 0 unspecified atom stereocenters. The Kier molecular flexibility index (Phi) is 4.28. The number of nitriles is 1. The van der Waals surface area contributed by atoms with Crippen LogP contribution in [0.3, 0.4) is 0 Å². The van der Waals surface area contributed by atoms with E-state index in [0.29, 0.717) is 0 Å². The van der Waals surface area contributed by atoms with Gasteiger partial charge in [-0.2, -0.15) is 5.26 Å². The Balaban J connectivity index is 2.25. The van der Waals surface area contributed by atoms with Crippen molar-refractivity contribution in [3.8, 4) is 6.07 Å². The van der Waals surface area contributed by atoms with Crippen molar-refractivity contribution in [2.75, 3.05) is 5.32 Å². The summed E-state index contributed by atoms with van der Waals surface area (Å²) in [6.45, 7) is 0. The van der Waals surface area contributed by atoms with Crippen LogP contribution in [0.5, 0.6) is 0 Å². The maximum Gasteiger partial charge on any atom is 0.270 e. The number of hydrogen-bond donors (Lipinski definition) is 1. The highest BCUT2D eigenvalue weighted by Crippen LogP contribution is 2.22. The number of anilines is 1. The fourth-order valence-electron chi connectivity index (χ4n) is 1.78. The molecule has 114 valence electrons. The average Bonchev–Trinajstić information content (AvgIpc) is 2.55. The number of nitrogens with one attached hydrogen (secondary N) is 1. The van der Waals surface area contributed by atoms with Gasteiger partial charge in [-0.25, -0.2) is 0 Å². The Morgan fingerprint density at radius 2 is 1.57 bits per heavy atom. The number of hydrogen-bond acceptors (Lipinski definition) is 6. The first-order valence-corrected chi connectivity index (χ1v) is 6.16. The van der Waals surface area contributed by atoms with Crippen molar-refractivity contribution >= 4 is 23.0 Å². The monoisotopic (exact) mass is 312 g/mol. The largest absolute Gasteiger partial charge is 0.321 e. The van der Waals surface area contributed by atoms with Crippen LogP contribution in [0, 0.1) is 31.6 Å². The third-order valence-electron chi connectivity index (χ3n) is 2.92. The zero-order chi connectivity index (χ0) is 17.0. The van der Waals surface area contributed by atoms with Crippen LogP contribution in [0.2, 0.25) is 0 Å². The lowest BCUT2D eigenvalue weighted by Crippen LogP contribution is -2.13. The van der Waals surface area contributed by atoms with E-state index < -0.39 is 15.8 Å². The van der Waals surface area contributed by atoms with Crippen LogP contribution in [0.25, 0.3) is 0 Å². The Labute approximate surface area is 129 Å². The SMILES string of the molecule is N#Cc1cc([N+](=O)[O-])ccc1NC(=O)c1ccc([N+](=O)[O-])cc1. The van der Waals surface area contributed by atoms with E-state index in [4.69, 9.17) is 5.26 Å². The molecule has 0 heterocycles. The van der Waals surface area contributed by atoms with Crippen molar-refractivity contribution in [3.05, 3.63) is 73.8 Å². The molecule has 2 aromatic rings. The minimum Gasteiger partial charge on any atom is -0.321 e. The van der Waals surface area contributed by atoms with Crippen molar-refractivity contribution in [2.24, 2.45) is 0 Å². The number of rotatable bonds is 4. The number of carbonyl (C=O) groups is 1. The molecule has 9 nitrogen and oxygen atoms in total. The van der Waals surface area contributed by atoms with Gasteiger partial charge in [0.2, 0.25) is 0 Å². The lowest BCUT2D eigenvalue weighted by molar-refractivity contribution is -0.385. The van der Waals surface area contributed by atoms with Crippen LogP contribution >= 0.6 is 0 Å². The fraction of sp³-hybridized carbons (Fsp3) is 0. The summed E-state index contributed by atoms with van der Waals surface area (Å²) in [7, 11) is 0. The average molecular weight is 312 g/mol. The molecule has 0 radical (unpaired) electrons. The second-order valence-corrected chi connectivity index (χ2v) is 4.36. The number of nitro groups is 2. The van der Waals surface area contributed by atoms with Crippen LogP contribution in [-0.4, -0.2) is 15.8 Å². The van der Waals surface area contributed by atoms with Crippen molar-refractivity contribution in [3.63, 3.8) is 0 Å². The molecule has 0 fully saturated rings. The normalized spacial score (nSPS) is 9.70. The molecule has 2 rings (SSSR count). The van der Waals surface area contributed by atoms with Gasteiger partial charge in [0.15, 0.2) is 0 Å². The Bertz CT molecular complexity index is 839. The van der Waals surface area contributed by atoms with Crippen LogP contribution in [0.15, 0.2) is 42.5 Å². The van der Waals surface area contributed by atoms with Gasteiger partial charge in [-0.15, -0.1) is 0 Å². The zero-order valence-electron chi connectivity index (χ0n) is 11.4. The number of benzene rings is 2. The number of non-ortho nitro benzene ring substituents is 2. The maximum absolute atomic E-state index is 12.1. The quantitative estimate of drug-likeness (QED) is 0.679. The molecule has 1 N–H and O–H groups in total. The first-order valence-electron chi connectivity index (χ1n) is 6.16. The molecule has 0 aliphatic rings. The van der Waals surface area contributed by atoms with E-state index in [-0.39, 0.29) is 28.2 Å². The van der Waals surface area contributed by atoms with E-state index in [9.17, 15) is 25.0 Å². The molecule has 0 aliphatic heterocycles. The van der Waals surface area contributed by atoms with E-state index >= 15 is 0 Å². The zero-order valence-corrected chi connectivity index (χ0v) is 11.4. The molecule has 0 bridgehead atoms. The van der Waals surface area contributed by atoms with Crippen LogP contribution in [0.4, 0.5) is 17.1 Å². The molecule has 1 amide bonds. The number of nitrogens with zero attached hydrogens (tertiary/aromatic N) is 3. The van der Waals surface area contributed by atoms with Gasteiger partial charge in [0.1, 0.15) is 6.07 Å². The summed E-state index contributed by atoms with van der Waals surface area (Å²) in [6, 6.07) is 10.1. The number of nitro benzene ring substituents is 2. The predicted octanol–water partition coefficient (Wildman–Crippen LogP) is 2.63. The highest BCUT2D eigenvalue weighted by molar-refractivity contribution is 6.05. The molecule has 9 heteroatoms. The Morgan fingerprint density at radius 3 is 2.09 bits per heavy atom. The van der Waals surface area contributed by atoms with E-state index in [1.807, 2.05) is 0 Å². The van der Waals surface area contributed by atoms with Gasteiger partial charge in [-0.3, -0.25) is 25.0 Å². The van der Waals surface area contributed by atoms with E-state index in [1.165, 1.54) is 30.3 Å². The van der Waals surface area contributed by atoms with Gasteiger partial charge in [-0.05, 0) is 18.2 Å². The maximum atomic E-state index is 12.1. The summed E-state index contributed by atoms with van der Waals surface area (Å²) in [6.07, 6.45) is 0. The third kappa shape index (κ3) is 3.45. The van der Waals surface area contributed by atoms with Gasteiger partial charge in [0.25, 0.3) is 17.3 Å². The Hall–Kier alpha value is -3.80. The van der Waals surface area contributed by atoms with Gasteiger partial charge >= 0.3 is 0 Å². The standard InChI is InChI=1S/C14H8N4O5/c15-8-10-7-12(18(22)23)5-6-13(10)16-14(19)9-1-3-11(4-2-9)17(20)21/h1-7H,(H,16,19). The first-order chi connectivity index (χ1) is 10.9. The lowest BCUT2D eigenvalue weighted by Gasteiger charge is -2.07. The topological polar surface area (TPSA) is 139 Å². The van der Waals surface area contributed by atoms with Crippen molar-refractivity contribution < 1.29 is 14.6 Å². The summed E-state index contributed by atoms with van der Waals surface area (Å²) in [5.74, 6) is -0.592. The van der Waals surface area contributed by atoms with Gasteiger partial charge in [0, 0.05) is 29.8 Å². The molecule has 0 spiro atoms. The molecule has 0 saturated heterocycles. The molecule has 2 aromatic carbocycles. The smallest absolute Gasteiger partial charge is 0.270 e. The van der Waals surface area contributed by atoms with Crippen LogP contribution < -0.4 is 5.32 Å². The highest BCUT2D eigenvalue weighted by atomic mass is 16.6. The minimum atomic E-state index is -0.650. The summed E-state index contributed by atoms with van der Waals surface area (Å²) in [5, 5.41) is 32.7. The van der Waals surface area contributed by atoms with Crippen LogP contribution in [0.1, 0.15) is 15.9 Å². The molecule has 0 saturated carbocycles. The van der Waals surface area contributed by atoms with Crippen LogP contribution in [-0.2, 0) is 0 Å². The van der Waals surface area contributed by atoms with Gasteiger partial charge < -0.3 is 5.32 Å². The van der Waals surface area contributed by atoms with Gasteiger partial charge in [-0.1, -0.05) is 0 Å². The van der Waals surface area contributed by atoms with Crippen molar-refractivity contribution in [1.29, 1.82) is 5.26 Å². The molecular formula is C14H8N4O5. The summed E-state index contributed by atoms with van der Waals surface area (Å²) < 4.78 is 0. The second kappa shape index (κ2) is 6.31. The summed E-state index contributed by atoms with van der Waals surface area (Å²) >= 11 is 0. The molecule has 0 aliphatic carbocycles. The van der Waals surface area contributed by atoms with Crippen molar-refractivity contribution in [2.45, 2.75) is 0 Å². The number of amides is 1. The Morgan fingerprint density at radius 1 is 1.00 bits per heavy atom. The second-order valence-electron chi connectivity index (χ2n) is 4.36. The molecular weight excluding hydrogens is 304 g/mol. The molecule has 0 aromatic heterocycles. The third-order valence-corrected chi connectivity index (χ3v) is 2.92. The minimum absolute atomic E-state index is 0.0607. The van der Waals surface area contributed by atoms with E-state index in [0.717, 1.165) is 12.1 Å².